The summed E-state index contributed by atoms with van der Waals surface area (Å²) in [6, 6.07) is 14.5. The Morgan fingerprint density at radius 2 is 1.82 bits per heavy atom. The number of aryl methyl sites for hydroxylation is 3. The number of hydrogen-bond acceptors (Lipinski definition) is 6. The van der Waals surface area contributed by atoms with Crippen LogP contribution >= 0.6 is 0 Å². The molecule has 1 fully saturated rings. The highest BCUT2D eigenvalue weighted by atomic mass is 16.5. The van der Waals surface area contributed by atoms with E-state index in [1.54, 1.807) is 7.11 Å². The Balaban J connectivity index is 1.30. The average Bonchev–Trinajstić information content (AvgIpc) is 3.31. The van der Waals surface area contributed by atoms with Gasteiger partial charge in [-0.2, -0.15) is 0 Å². The zero-order valence-corrected chi connectivity index (χ0v) is 23.4. The highest BCUT2D eigenvalue weighted by Crippen LogP contribution is 2.31. The third-order valence-electron chi connectivity index (χ3n) is 7.50. The Bertz CT molecular complexity index is 1130. The Hall–Kier alpha value is -3.03. The quantitative estimate of drug-likeness (QED) is 0.270. The highest BCUT2D eigenvalue weighted by molar-refractivity contribution is 5.43. The molecule has 1 saturated heterocycles. The van der Waals surface area contributed by atoms with E-state index in [4.69, 9.17) is 18.9 Å². The van der Waals surface area contributed by atoms with Crippen molar-refractivity contribution in [2.24, 2.45) is 0 Å². The van der Waals surface area contributed by atoms with Crippen molar-refractivity contribution in [1.82, 2.24) is 14.5 Å². The van der Waals surface area contributed by atoms with Gasteiger partial charge in [0, 0.05) is 45.6 Å². The summed E-state index contributed by atoms with van der Waals surface area (Å²) in [4.78, 5) is 6.90. The summed E-state index contributed by atoms with van der Waals surface area (Å²) in [5, 5.41) is 0. The molecule has 0 aliphatic carbocycles. The maximum atomic E-state index is 6.17. The predicted molar refractivity (Wildman–Crippen MR) is 150 cm³/mol. The van der Waals surface area contributed by atoms with Crippen LogP contribution in [0.15, 0.2) is 54.9 Å². The van der Waals surface area contributed by atoms with Crippen LogP contribution in [-0.4, -0.2) is 60.6 Å². The lowest BCUT2D eigenvalue weighted by molar-refractivity contribution is -0.0541. The van der Waals surface area contributed by atoms with Crippen molar-refractivity contribution < 1.29 is 18.9 Å². The molecule has 0 amide bonds. The van der Waals surface area contributed by atoms with Crippen molar-refractivity contribution in [2.75, 3.05) is 40.5 Å². The number of benzene rings is 2. The number of aromatic nitrogens is 2. The molecule has 38 heavy (non-hydrogen) atoms. The average molecular weight is 522 g/mol. The molecule has 7 heteroatoms. The van der Waals surface area contributed by atoms with Gasteiger partial charge in [0.2, 0.25) is 0 Å². The third kappa shape index (κ3) is 7.51. The maximum Gasteiger partial charge on any atom is 0.161 e. The standard InChI is InChI=1S/C31H43N3O4/c1-5-30-32-16-20-34(30)18-7-21-37-29-22-26(10-13-28(29)35-3)23-33-17-6-14-31(36-4,15-19-33)24-38-27-11-8-25(2)9-12-27/h8-13,16,20,22H,5-7,14-15,17-19,21,23-24H2,1-4H3. The van der Waals surface area contributed by atoms with Gasteiger partial charge in [-0.1, -0.05) is 30.7 Å². The molecule has 0 bridgehead atoms. The van der Waals surface area contributed by atoms with Crippen molar-refractivity contribution in [3.8, 4) is 17.2 Å². The van der Waals surface area contributed by atoms with Crippen LogP contribution in [0.25, 0.3) is 0 Å². The van der Waals surface area contributed by atoms with Crippen molar-refractivity contribution in [3.05, 3.63) is 71.8 Å². The van der Waals surface area contributed by atoms with E-state index in [-0.39, 0.29) is 5.60 Å². The van der Waals surface area contributed by atoms with E-state index >= 15 is 0 Å². The van der Waals surface area contributed by atoms with E-state index in [2.05, 4.69) is 52.6 Å². The van der Waals surface area contributed by atoms with Gasteiger partial charge in [0.25, 0.3) is 0 Å². The molecule has 2 aromatic carbocycles. The molecule has 206 valence electrons. The van der Waals surface area contributed by atoms with Crippen molar-refractivity contribution in [2.45, 2.75) is 64.6 Å². The summed E-state index contributed by atoms with van der Waals surface area (Å²) < 4.78 is 26.2. The fourth-order valence-electron chi connectivity index (χ4n) is 5.10. The van der Waals surface area contributed by atoms with Crippen LogP contribution < -0.4 is 14.2 Å². The van der Waals surface area contributed by atoms with E-state index in [0.29, 0.717) is 13.2 Å². The van der Waals surface area contributed by atoms with Gasteiger partial charge in [-0.05, 0) is 69.0 Å². The lowest BCUT2D eigenvalue weighted by Crippen LogP contribution is -2.39. The van der Waals surface area contributed by atoms with E-state index in [1.165, 1.54) is 11.1 Å². The van der Waals surface area contributed by atoms with Gasteiger partial charge in [-0.25, -0.2) is 4.98 Å². The Morgan fingerprint density at radius 1 is 0.974 bits per heavy atom. The maximum absolute atomic E-state index is 6.17. The molecule has 3 aromatic rings. The highest BCUT2D eigenvalue weighted by Gasteiger charge is 2.33. The first-order valence-corrected chi connectivity index (χ1v) is 13.8. The van der Waals surface area contributed by atoms with Crippen LogP contribution in [0.1, 0.15) is 49.6 Å². The summed E-state index contributed by atoms with van der Waals surface area (Å²) in [6.07, 6.45) is 8.73. The molecule has 1 aliphatic rings. The minimum Gasteiger partial charge on any atom is -0.493 e. The number of imidazole rings is 1. The van der Waals surface area contributed by atoms with Crippen LogP contribution in [0.5, 0.6) is 17.2 Å². The Kier molecular flexibility index (Phi) is 10.1. The molecule has 2 heterocycles. The fraction of sp³-hybridized carbons (Fsp3) is 0.516. The summed E-state index contributed by atoms with van der Waals surface area (Å²) >= 11 is 0. The van der Waals surface area contributed by atoms with Crippen LogP contribution in [-0.2, 0) is 24.2 Å². The van der Waals surface area contributed by atoms with Gasteiger partial charge < -0.3 is 23.5 Å². The zero-order valence-electron chi connectivity index (χ0n) is 23.4. The van der Waals surface area contributed by atoms with Gasteiger partial charge >= 0.3 is 0 Å². The first kappa shape index (κ1) is 28.0. The zero-order chi connectivity index (χ0) is 26.8. The molecule has 4 rings (SSSR count). The van der Waals surface area contributed by atoms with Crippen LogP contribution in [0.3, 0.4) is 0 Å². The van der Waals surface area contributed by atoms with Crippen LogP contribution in [0, 0.1) is 6.92 Å². The second kappa shape index (κ2) is 13.7. The summed E-state index contributed by atoms with van der Waals surface area (Å²) in [6.45, 7) is 9.16. The number of nitrogens with zero attached hydrogens (tertiary/aromatic N) is 3. The van der Waals surface area contributed by atoms with Gasteiger partial charge in [-0.3, -0.25) is 4.90 Å². The molecule has 1 aromatic heterocycles. The lowest BCUT2D eigenvalue weighted by Gasteiger charge is -2.31. The molecule has 0 spiro atoms. The fourth-order valence-corrected chi connectivity index (χ4v) is 5.10. The lowest BCUT2D eigenvalue weighted by atomic mass is 9.95. The molecule has 1 unspecified atom stereocenters. The predicted octanol–water partition coefficient (Wildman–Crippen LogP) is 5.68. The Labute approximate surface area is 227 Å². The molecule has 0 saturated carbocycles. The van der Waals surface area contributed by atoms with Gasteiger partial charge in [0.1, 0.15) is 23.8 Å². The molecular formula is C31H43N3O4. The minimum absolute atomic E-state index is 0.263. The van der Waals surface area contributed by atoms with Crippen LogP contribution in [0.4, 0.5) is 0 Å². The largest absolute Gasteiger partial charge is 0.493 e. The SMILES string of the molecule is CCc1nccn1CCCOc1cc(CN2CCCC(COc3ccc(C)cc3)(OC)CC2)ccc1OC. The number of ether oxygens (including phenoxy) is 4. The first-order valence-electron chi connectivity index (χ1n) is 13.8. The third-order valence-corrected chi connectivity index (χ3v) is 7.50. The topological polar surface area (TPSA) is 58.0 Å². The molecule has 0 N–H and O–H groups in total. The molecule has 1 atom stereocenters. The second-order valence-corrected chi connectivity index (χ2v) is 10.2. The molecular weight excluding hydrogens is 478 g/mol. The van der Waals surface area contributed by atoms with Crippen molar-refractivity contribution in [1.29, 1.82) is 0 Å². The normalized spacial score (nSPS) is 18.2. The molecule has 1 aliphatic heterocycles. The number of methoxy groups -OCH3 is 2. The van der Waals surface area contributed by atoms with Crippen LogP contribution in [0.2, 0.25) is 0 Å². The van der Waals surface area contributed by atoms with Gasteiger partial charge in [-0.15, -0.1) is 0 Å². The van der Waals surface area contributed by atoms with E-state index < -0.39 is 0 Å². The van der Waals surface area contributed by atoms with Gasteiger partial charge in [0.15, 0.2) is 11.5 Å². The number of hydrogen-bond donors (Lipinski definition) is 0. The summed E-state index contributed by atoms with van der Waals surface area (Å²) in [7, 11) is 3.51. The summed E-state index contributed by atoms with van der Waals surface area (Å²) in [5.41, 5.74) is 2.20. The number of rotatable bonds is 13. The van der Waals surface area contributed by atoms with Crippen molar-refractivity contribution >= 4 is 0 Å². The summed E-state index contributed by atoms with van der Waals surface area (Å²) in [5.74, 6) is 3.59. The second-order valence-electron chi connectivity index (χ2n) is 10.2. The Morgan fingerprint density at radius 3 is 2.58 bits per heavy atom. The molecule has 7 nitrogen and oxygen atoms in total. The number of likely N-dealkylation sites (tertiary alicyclic amines) is 1. The smallest absolute Gasteiger partial charge is 0.161 e. The van der Waals surface area contributed by atoms with Crippen molar-refractivity contribution in [3.63, 3.8) is 0 Å². The molecule has 0 radical (unpaired) electrons. The van der Waals surface area contributed by atoms with E-state index in [0.717, 1.165) is 81.4 Å². The first-order chi connectivity index (χ1) is 18.5. The van der Waals surface area contributed by atoms with E-state index in [1.807, 2.05) is 37.7 Å². The minimum atomic E-state index is -0.263. The van der Waals surface area contributed by atoms with E-state index in [9.17, 15) is 0 Å². The monoisotopic (exact) mass is 521 g/mol. The van der Waals surface area contributed by atoms with Gasteiger partial charge in [0.05, 0.1) is 13.7 Å².